The highest BCUT2D eigenvalue weighted by molar-refractivity contribution is 6.03. The zero-order valence-corrected chi connectivity index (χ0v) is 27.5. The topological polar surface area (TPSA) is 105 Å². The van der Waals surface area contributed by atoms with E-state index in [0.717, 1.165) is 51.4 Å². The monoisotopic (exact) mass is 612 g/mol. The molecule has 0 radical (unpaired) electrons. The van der Waals surface area contributed by atoms with Gasteiger partial charge in [0.2, 0.25) is 0 Å². The van der Waals surface area contributed by atoms with Crippen LogP contribution >= 0.6 is 0 Å². The van der Waals surface area contributed by atoms with Gasteiger partial charge in [0.25, 0.3) is 0 Å². The van der Waals surface area contributed by atoms with E-state index in [0.29, 0.717) is 38.3 Å². The molecular weight excluding hydrogens is 560 g/mol. The van der Waals surface area contributed by atoms with Crippen LogP contribution in [0.25, 0.3) is 0 Å². The lowest BCUT2D eigenvalue weighted by Gasteiger charge is -2.11. The summed E-state index contributed by atoms with van der Waals surface area (Å²) in [6.45, 7) is 14.0. The van der Waals surface area contributed by atoms with Gasteiger partial charge >= 0.3 is 23.9 Å². The van der Waals surface area contributed by atoms with E-state index in [1.807, 2.05) is 13.8 Å². The maximum Gasteiger partial charge on any atom is 0.339 e. The number of carbonyl (C=O) groups is 4. The average Bonchev–Trinajstić information content (AvgIpc) is 3.01. The molecule has 0 saturated heterocycles. The van der Waals surface area contributed by atoms with Crippen molar-refractivity contribution in [3.05, 3.63) is 70.8 Å². The third-order valence-electron chi connectivity index (χ3n) is 6.51. The second-order valence-electron chi connectivity index (χ2n) is 11.4. The van der Waals surface area contributed by atoms with Crippen molar-refractivity contribution in [3.63, 3.8) is 0 Å². The molecule has 0 aromatic heterocycles. The molecule has 0 spiro atoms. The largest absolute Gasteiger partial charge is 0.462 e. The Balaban J connectivity index is 0.000000447. The fraction of sp³-hybridized carbons (Fsp3) is 0.556. The van der Waals surface area contributed by atoms with Gasteiger partial charge in [-0.2, -0.15) is 0 Å². The predicted molar refractivity (Wildman–Crippen MR) is 172 cm³/mol. The van der Waals surface area contributed by atoms with E-state index in [9.17, 15) is 19.2 Å². The maximum atomic E-state index is 12.2. The number of ether oxygens (including phenoxy) is 4. The lowest BCUT2D eigenvalue weighted by molar-refractivity contribution is 0.0447. The van der Waals surface area contributed by atoms with Crippen molar-refractivity contribution in [1.29, 1.82) is 0 Å². The van der Waals surface area contributed by atoms with E-state index in [2.05, 4.69) is 27.7 Å². The molecule has 0 aliphatic heterocycles. The second kappa shape index (κ2) is 22.8. The lowest BCUT2D eigenvalue weighted by atomic mass is 10.1. The predicted octanol–water partition coefficient (Wildman–Crippen LogP) is 8.47. The van der Waals surface area contributed by atoms with Gasteiger partial charge in [0.1, 0.15) is 0 Å². The van der Waals surface area contributed by atoms with E-state index in [1.54, 1.807) is 48.5 Å². The van der Waals surface area contributed by atoms with Crippen LogP contribution in [0.15, 0.2) is 48.5 Å². The SMILES string of the molecule is CC(C)CCCOC(=O)c1ccccc1C(=O)OCCCC(C)C.CCCCOC(=O)c1ccccc1C(=O)OCCCC. The molecule has 0 aliphatic rings. The molecule has 8 nitrogen and oxygen atoms in total. The summed E-state index contributed by atoms with van der Waals surface area (Å²) in [7, 11) is 0. The molecule has 44 heavy (non-hydrogen) atoms. The van der Waals surface area contributed by atoms with Crippen LogP contribution in [0.5, 0.6) is 0 Å². The van der Waals surface area contributed by atoms with E-state index in [4.69, 9.17) is 18.9 Å². The molecule has 2 rings (SSSR count). The highest BCUT2D eigenvalue weighted by Gasteiger charge is 2.20. The van der Waals surface area contributed by atoms with E-state index in [1.165, 1.54) is 0 Å². The van der Waals surface area contributed by atoms with Crippen molar-refractivity contribution in [2.24, 2.45) is 11.8 Å². The number of unbranched alkanes of at least 4 members (excludes halogenated alkanes) is 2. The summed E-state index contributed by atoms with van der Waals surface area (Å²) in [5.74, 6) is -0.710. The van der Waals surface area contributed by atoms with Crippen molar-refractivity contribution in [3.8, 4) is 0 Å². The molecule has 0 bridgehead atoms. The molecule has 0 heterocycles. The van der Waals surface area contributed by atoms with Crippen LogP contribution in [0.3, 0.4) is 0 Å². The Bertz CT molecular complexity index is 1050. The minimum Gasteiger partial charge on any atom is -0.462 e. The molecule has 2 aromatic rings. The van der Waals surface area contributed by atoms with Crippen molar-refractivity contribution in [2.75, 3.05) is 26.4 Å². The van der Waals surface area contributed by atoms with Crippen LogP contribution in [0.2, 0.25) is 0 Å². The van der Waals surface area contributed by atoms with Gasteiger partial charge in [-0.25, -0.2) is 19.2 Å². The van der Waals surface area contributed by atoms with Crippen molar-refractivity contribution >= 4 is 23.9 Å². The molecule has 0 saturated carbocycles. The Labute approximate surface area is 263 Å². The summed E-state index contributed by atoms with van der Waals surface area (Å²) >= 11 is 0. The van der Waals surface area contributed by atoms with Crippen molar-refractivity contribution in [2.45, 2.75) is 92.9 Å². The Morgan fingerprint density at radius 2 is 0.727 bits per heavy atom. The standard InChI is InChI=1S/C20H30O4.C16H22O4/c1-15(2)9-7-13-23-19(21)17-11-5-6-12-18(17)20(22)24-14-8-10-16(3)4;1-3-5-11-19-15(17)13-9-7-8-10-14(13)16(18)20-12-6-4-2/h5-6,11-12,15-16H,7-10,13-14H2,1-4H3;7-10H,3-6,11-12H2,1-2H3. The quantitative estimate of drug-likeness (QED) is 0.0938. The van der Waals surface area contributed by atoms with Crippen LogP contribution in [0.1, 0.15) is 134 Å². The van der Waals surface area contributed by atoms with Gasteiger partial charge in [0.15, 0.2) is 0 Å². The first kappa shape index (κ1) is 38.3. The third-order valence-corrected chi connectivity index (χ3v) is 6.51. The fourth-order valence-electron chi connectivity index (χ4n) is 3.92. The molecule has 0 aliphatic carbocycles. The summed E-state index contributed by atoms with van der Waals surface area (Å²) in [4.78, 5) is 48.3. The van der Waals surface area contributed by atoms with E-state index < -0.39 is 23.9 Å². The fourth-order valence-corrected chi connectivity index (χ4v) is 3.92. The van der Waals surface area contributed by atoms with E-state index in [-0.39, 0.29) is 22.3 Å². The van der Waals surface area contributed by atoms with Crippen molar-refractivity contribution < 1.29 is 38.1 Å². The third kappa shape index (κ3) is 15.7. The number of rotatable bonds is 18. The summed E-state index contributed by atoms with van der Waals surface area (Å²) < 4.78 is 20.8. The average molecular weight is 613 g/mol. The Morgan fingerprint density at radius 1 is 0.477 bits per heavy atom. The summed E-state index contributed by atoms with van der Waals surface area (Å²) in [5, 5.41) is 0. The maximum absolute atomic E-state index is 12.2. The first-order valence-corrected chi connectivity index (χ1v) is 16.0. The molecule has 0 fully saturated rings. The Kier molecular flexibility index (Phi) is 19.9. The molecule has 8 heteroatoms. The van der Waals surface area contributed by atoms with Crippen LogP contribution in [-0.2, 0) is 18.9 Å². The zero-order chi connectivity index (χ0) is 32.7. The van der Waals surface area contributed by atoms with Gasteiger partial charge < -0.3 is 18.9 Å². The summed E-state index contributed by atoms with van der Waals surface area (Å²) in [5.41, 5.74) is 1.09. The molecule has 0 amide bonds. The highest BCUT2D eigenvalue weighted by atomic mass is 16.5. The zero-order valence-electron chi connectivity index (χ0n) is 27.5. The Hall–Kier alpha value is -3.68. The number of benzene rings is 2. The first-order valence-electron chi connectivity index (χ1n) is 16.0. The first-order chi connectivity index (χ1) is 21.1. The van der Waals surface area contributed by atoms with Gasteiger partial charge in [0.05, 0.1) is 48.7 Å². The Morgan fingerprint density at radius 3 is 0.955 bits per heavy atom. The molecule has 0 unspecified atom stereocenters. The molecule has 2 aromatic carbocycles. The molecule has 244 valence electrons. The van der Waals surface area contributed by atoms with Crippen LogP contribution < -0.4 is 0 Å². The van der Waals surface area contributed by atoms with Gasteiger partial charge in [-0.15, -0.1) is 0 Å². The minimum absolute atomic E-state index is 0.269. The van der Waals surface area contributed by atoms with Crippen LogP contribution in [0.4, 0.5) is 0 Å². The van der Waals surface area contributed by atoms with Gasteiger partial charge in [-0.05, 0) is 74.6 Å². The van der Waals surface area contributed by atoms with Gasteiger partial charge in [-0.3, -0.25) is 0 Å². The summed E-state index contributed by atoms with van der Waals surface area (Å²) in [6, 6.07) is 13.2. The highest BCUT2D eigenvalue weighted by Crippen LogP contribution is 2.15. The second-order valence-corrected chi connectivity index (χ2v) is 11.4. The van der Waals surface area contributed by atoms with Gasteiger partial charge in [0, 0.05) is 0 Å². The van der Waals surface area contributed by atoms with Crippen molar-refractivity contribution in [1.82, 2.24) is 0 Å². The minimum atomic E-state index is -0.471. The van der Waals surface area contributed by atoms with Gasteiger partial charge in [-0.1, -0.05) is 78.6 Å². The number of esters is 4. The molecule has 0 N–H and O–H groups in total. The molecular formula is C36H52O8. The summed E-state index contributed by atoms with van der Waals surface area (Å²) in [6.07, 6.45) is 7.20. The lowest BCUT2D eigenvalue weighted by Crippen LogP contribution is -2.15. The number of carbonyl (C=O) groups excluding carboxylic acids is 4. The molecule has 0 atom stereocenters. The smallest absolute Gasteiger partial charge is 0.339 e. The van der Waals surface area contributed by atoms with Crippen LogP contribution in [-0.4, -0.2) is 50.3 Å². The van der Waals surface area contributed by atoms with Crippen LogP contribution in [0, 0.1) is 11.8 Å². The van der Waals surface area contributed by atoms with E-state index >= 15 is 0 Å². The number of hydrogen-bond donors (Lipinski definition) is 0. The number of hydrogen-bond acceptors (Lipinski definition) is 8. The normalized spacial score (nSPS) is 10.5.